The molecule has 2 aromatic rings. The summed E-state index contributed by atoms with van der Waals surface area (Å²) in [5.74, 6) is 2.85. The van der Waals surface area contributed by atoms with Crippen LogP contribution in [-0.2, 0) is 11.8 Å². The highest BCUT2D eigenvalue weighted by molar-refractivity contribution is 5.85. The Labute approximate surface area is 229 Å². The molecule has 2 aliphatic rings. The summed E-state index contributed by atoms with van der Waals surface area (Å²) < 4.78 is 14.7. The van der Waals surface area contributed by atoms with Gasteiger partial charge in [-0.3, -0.25) is 4.79 Å². The second-order valence-electron chi connectivity index (χ2n) is 11.8. The van der Waals surface area contributed by atoms with Crippen LogP contribution < -0.4 is 14.8 Å². The van der Waals surface area contributed by atoms with Crippen molar-refractivity contribution in [2.75, 3.05) is 6.61 Å². The Morgan fingerprint density at radius 3 is 2.71 bits per heavy atom. The second-order valence-corrected chi connectivity index (χ2v) is 11.8. The maximum Gasteiger partial charge on any atom is 0.225 e. The van der Waals surface area contributed by atoms with E-state index in [1.54, 1.807) is 0 Å². The van der Waals surface area contributed by atoms with Crippen LogP contribution in [-0.4, -0.2) is 34.2 Å². The average Bonchev–Trinajstić information content (AvgIpc) is 3.34. The zero-order chi connectivity index (χ0) is 27.0. The van der Waals surface area contributed by atoms with E-state index in [4.69, 9.17) is 9.47 Å². The minimum absolute atomic E-state index is 0.00853. The van der Waals surface area contributed by atoms with Crippen molar-refractivity contribution in [1.82, 2.24) is 14.9 Å². The summed E-state index contributed by atoms with van der Waals surface area (Å²) in [6, 6.07) is 6.43. The molecule has 4 rings (SSSR count). The van der Waals surface area contributed by atoms with Gasteiger partial charge >= 0.3 is 0 Å². The largest absolute Gasteiger partial charge is 0.494 e. The van der Waals surface area contributed by atoms with E-state index in [9.17, 15) is 4.79 Å². The molecule has 38 heavy (non-hydrogen) atoms. The van der Waals surface area contributed by atoms with Crippen LogP contribution in [0.15, 0.2) is 30.6 Å². The Hall–Kier alpha value is -2.76. The van der Waals surface area contributed by atoms with Gasteiger partial charge in [0.25, 0.3) is 0 Å². The fourth-order valence-corrected chi connectivity index (χ4v) is 5.58. The van der Waals surface area contributed by atoms with Gasteiger partial charge in [0.1, 0.15) is 23.4 Å². The van der Waals surface area contributed by atoms with E-state index in [1.807, 2.05) is 45.4 Å². The standard InChI is InChI=1S/C32H47N3O3/c1-5-6-7-11-15-29-27(30-33-19-20-35(30)4)23-24-22-26(16-17-28(24)38-29)37-21-12-18-32(2,3)31(36)34-25-13-9-8-10-14-25/h16-17,19-20,22-23,25,29H,5-15,18,21H2,1-4H3,(H,34,36). The van der Waals surface area contributed by atoms with E-state index in [0.29, 0.717) is 12.6 Å². The Morgan fingerprint density at radius 2 is 1.97 bits per heavy atom. The maximum absolute atomic E-state index is 12.9. The van der Waals surface area contributed by atoms with Gasteiger partial charge in [-0.1, -0.05) is 59.3 Å². The third kappa shape index (κ3) is 7.42. The molecule has 1 unspecified atom stereocenters. The average molecular weight is 522 g/mol. The molecule has 1 aliphatic heterocycles. The number of hydrogen-bond acceptors (Lipinski definition) is 4. The number of nitrogens with one attached hydrogen (secondary N) is 1. The molecule has 6 nitrogen and oxygen atoms in total. The first-order valence-corrected chi connectivity index (χ1v) is 14.8. The first-order chi connectivity index (χ1) is 18.4. The highest BCUT2D eigenvalue weighted by Gasteiger charge is 2.30. The quantitative estimate of drug-likeness (QED) is 0.280. The third-order valence-electron chi connectivity index (χ3n) is 8.08. The predicted octanol–water partition coefficient (Wildman–Crippen LogP) is 7.33. The molecule has 1 aliphatic carbocycles. The number of carbonyl (C=O) groups excluding carboxylic acids is 1. The molecular weight excluding hydrogens is 474 g/mol. The van der Waals surface area contributed by atoms with Gasteiger partial charge in [0.05, 0.1) is 6.61 Å². The number of carbonyl (C=O) groups is 1. The molecule has 1 N–H and O–H groups in total. The van der Waals surface area contributed by atoms with E-state index in [-0.39, 0.29) is 12.0 Å². The molecule has 2 heterocycles. The lowest BCUT2D eigenvalue weighted by Crippen LogP contribution is -2.43. The highest BCUT2D eigenvalue weighted by Crippen LogP contribution is 2.38. The van der Waals surface area contributed by atoms with Crippen molar-refractivity contribution in [3.05, 3.63) is 42.0 Å². The number of aryl methyl sites for hydroxylation is 1. The SMILES string of the molecule is CCCCCCC1Oc2ccc(OCCCC(C)(C)C(=O)NC3CCCCC3)cc2C=C1c1nccn1C. The Balaban J connectivity index is 1.34. The smallest absolute Gasteiger partial charge is 0.225 e. The van der Waals surface area contributed by atoms with Crippen LogP contribution in [0.4, 0.5) is 0 Å². The third-order valence-corrected chi connectivity index (χ3v) is 8.08. The van der Waals surface area contributed by atoms with Gasteiger partial charge in [-0.2, -0.15) is 0 Å². The van der Waals surface area contributed by atoms with Crippen molar-refractivity contribution in [3.63, 3.8) is 0 Å². The molecule has 0 bridgehead atoms. The maximum atomic E-state index is 12.9. The molecule has 1 aromatic heterocycles. The summed E-state index contributed by atoms with van der Waals surface area (Å²) in [6.07, 6.45) is 19.5. The van der Waals surface area contributed by atoms with Crippen molar-refractivity contribution in [2.45, 2.75) is 110 Å². The fourth-order valence-electron chi connectivity index (χ4n) is 5.58. The summed E-state index contributed by atoms with van der Waals surface area (Å²) in [6.45, 7) is 6.91. The Morgan fingerprint density at radius 1 is 1.16 bits per heavy atom. The summed E-state index contributed by atoms with van der Waals surface area (Å²) in [4.78, 5) is 17.5. The Kier molecular flexibility index (Phi) is 9.92. The number of benzene rings is 1. The molecule has 208 valence electrons. The van der Waals surface area contributed by atoms with E-state index in [0.717, 1.165) is 67.0 Å². The lowest BCUT2D eigenvalue weighted by molar-refractivity contribution is -0.130. The molecule has 1 aromatic carbocycles. The molecule has 1 amide bonds. The van der Waals surface area contributed by atoms with Gasteiger partial charge in [0.2, 0.25) is 5.91 Å². The predicted molar refractivity (Wildman–Crippen MR) is 154 cm³/mol. The second kappa shape index (κ2) is 13.3. The lowest BCUT2D eigenvalue weighted by atomic mass is 9.85. The normalized spacial score (nSPS) is 17.9. The van der Waals surface area contributed by atoms with Crippen LogP contribution in [0.1, 0.15) is 109 Å². The zero-order valence-electron chi connectivity index (χ0n) is 23.9. The molecule has 1 atom stereocenters. The van der Waals surface area contributed by atoms with Crippen LogP contribution in [0.3, 0.4) is 0 Å². The number of imidazole rings is 1. The van der Waals surface area contributed by atoms with Crippen LogP contribution >= 0.6 is 0 Å². The number of unbranched alkanes of at least 4 members (excludes halogenated alkanes) is 3. The summed E-state index contributed by atoms with van der Waals surface area (Å²) in [5, 5.41) is 3.29. The summed E-state index contributed by atoms with van der Waals surface area (Å²) in [5.41, 5.74) is 1.76. The molecule has 0 radical (unpaired) electrons. The van der Waals surface area contributed by atoms with E-state index in [1.165, 1.54) is 38.5 Å². The van der Waals surface area contributed by atoms with Crippen molar-refractivity contribution in [3.8, 4) is 11.5 Å². The van der Waals surface area contributed by atoms with Crippen LogP contribution in [0.25, 0.3) is 11.6 Å². The van der Waals surface area contributed by atoms with Crippen molar-refractivity contribution >= 4 is 17.6 Å². The van der Waals surface area contributed by atoms with Gasteiger partial charge in [-0.15, -0.1) is 0 Å². The lowest BCUT2D eigenvalue weighted by Gasteiger charge is -2.29. The van der Waals surface area contributed by atoms with Gasteiger partial charge in [-0.25, -0.2) is 4.98 Å². The summed E-state index contributed by atoms with van der Waals surface area (Å²) in [7, 11) is 2.03. The van der Waals surface area contributed by atoms with Crippen LogP contribution in [0.2, 0.25) is 0 Å². The van der Waals surface area contributed by atoms with Crippen LogP contribution in [0, 0.1) is 5.41 Å². The van der Waals surface area contributed by atoms with Gasteiger partial charge in [0, 0.05) is 42.0 Å². The minimum Gasteiger partial charge on any atom is -0.494 e. The zero-order valence-corrected chi connectivity index (χ0v) is 23.9. The molecule has 0 spiro atoms. The number of hydrogen-bond donors (Lipinski definition) is 1. The van der Waals surface area contributed by atoms with E-state index < -0.39 is 5.41 Å². The topological polar surface area (TPSA) is 65.4 Å². The van der Waals surface area contributed by atoms with Gasteiger partial charge in [0.15, 0.2) is 0 Å². The van der Waals surface area contributed by atoms with Crippen LogP contribution in [0.5, 0.6) is 11.5 Å². The van der Waals surface area contributed by atoms with Crippen molar-refractivity contribution < 1.29 is 14.3 Å². The molecule has 1 fully saturated rings. The first kappa shape index (κ1) is 28.3. The van der Waals surface area contributed by atoms with Gasteiger partial charge in [-0.05, 0) is 62.8 Å². The van der Waals surface area contributed by atoms with Crippen molar-refractivity contribution in [1.29, 1.82) is 0 Å². The van der Waals surface area contributed by atoms with E-state index >= 15 is 0 Å². The monoisotopic (exact) mass is 521 g/mol. The number of rotatable bonds is 13. The minimum atomic E-state index is -0.393. The number of amides is 1. The number of aromatic nitrogens is 2. The fraction of sp³-hybridized carbons (Fsp3) is 0.625. The molecule has 6 heteroatoms. The molecular formula is C32H47N3O3. The number of fused-ring (bicyclic) bond motifs is 1. The number of ether oxygens (including phenoxy) is 2. The van der Waals surface area contributed by atoms with Crippen molar-refractivity contribution in [2.24, 2.45) is 12.5 Å². The van der Waals surface area contributed by atoms with E-state index in [2.05, 4.69) is 33.9 Å². The van der Waals surface area contributed by atoms with Gasteiger partial charge < -0.3 is 19.4 Å². The highest BCUT2D eigenvalue weighted by atomic mass is 16.5. The first-order valence-electron chi connectivity index (χ1n) is 14.8. The number of nitrogens with zero attached hydrogens (tertiary/aromatic N) is 2. The Bertz CT molecular complexity index is 1080. The summed E-state index contributed by atoms with van der Waals surface area (Å²) >= 11 is 0. The molecule has 0 saturated heterocycles. The molecule has 1 saturated carbocycles.